The van der Waals surface area contributed by atoms with Crippen molar-refractivity contribution >= 4 is 0 Å². The van der Waals surface area contributed by atoms with Gasteiger partial charge in [-0.05, 0) is 49.6 Å². The molecule has 0 bridgehead atoms. The molecule has 1 saturated heterocycles. The second-order valence-electron chi connectivity index (χ2n) is 7.11. The molecule has 0 spiro atoms. The zero-order valence-corrected chi connectivity index (χ0v) is 15.4. The first-order valence-electron chi connectivity index (χ1n) is 9.36. The van der Waals surface area contributed by atoms with Gasteiger partial charge in [0.1, 0.15) is 17.6 Å². The SMILES string of the molecule is COc1cc(CN[C@H]2CCCO[C@@H]2c2ccncc2)c2c(c1)C[C@@H](C)O2. The van der Waals surface area contributed by atoms with Gasteiger partial charge in [-0.3, -0.25) is 4.98 Å². The number of benzene rings is 1. The normalized spacial score (nSPS) is 24.8. The highest BCUT2D eigenvalue weighted by Crippen LogP contribution is 2.37. The maximum Gasteiger partial charge on any atom is 0.127 e. The quantitative estimate of drug-likeness (QED) is 0.892. The lowest BCUT2D eigenvalue weighted by atomic mass is 9.96. The molecule has 5 nitrogen and oxygen atoms in total. The topological polar surface area (TPSA) is 52.6 Å². The Morgan fingerprint density at radius 3 is 2.92 bits per heavy atom. The van der Waals surface area contributed by atoms with Crippen molar-refractivity contribution in [3.8, 4) is 11.5 Å². The number of ether oxygens (including phenoxy) is 3. The maximum atomic E-state index is 6.07. The van der Waals surface area contributed by atoms with Crippen LogP contribution in [0.4, 0.5) is 0 Å². The molecular formula is C21H26N2O3. The lowest BCUT2D eigenvalue weighted by Crippen LogP contribution is -2.39. The summed E-state index contributed by atoms with van der Waals surface area (Å²) in [6.07, 6.45) is 7.04. The summed E-state index contributed by atoms with van der Waals surface area (Å²) in [6.45, 7) is 3.65. The number of aromatic nitrogens is 1. The number of pyridine rings is 1. The van der Waals surface area contributed by atoms with Crippen LogP contribution in [0.25, 0.3) is 0 Å². The Morgan fingerprint density at radius 1 is 1.27 bits per heavy atom. The van der Waals surface area contributed by atoms with Crippen LogP contribution in [0.15, 0.2) is 36.7 Å². The molecule has 0 radical (unpaired) electrons. The van der Waals surface area contributed by atoms with Gasteiger partial charge in [0.2, 0.25) is 0 Å². The van der Waals surface area contributed by atoms with Crippen molar-refractivity contribution in [2.75, 3.05) is 13.7 Å². The van der Waals surface area contributed by atoms with Crippen molar-refractivity contribution in [1.29, 1.82) is 0 Å². The van der Waals surface area contributed by atoms with Gasteiger partial charge in [0.05, 0.1) is 13.2 Å². The van der Waals surface area contributed by atoms with Crippen molar-refractivity contribution in [2.45, 2.75) is 51.0 Å². The number of rotatable bonds is 5. The molecule has 1 aromatic carbocycles. The number of nitrogens with zero attached hydrogens (tertiary/aromatic N) is 1. The highest BCUT2D eigenvalue weighted by molar-refractivity contribution is 5.49. The molecular weight excluding hydrogens is 328 g/mol. The largest absolute Gasteiger partial charge is 0.497 e. The van der Waals surface area contributed by atoms with Crippen molar-refractivity contribution in [2.24, 2.45) is 0 Å². The summed E-state index contributed by atoms with van der Waals surface area (Å²) in [5.74, 6) is 1.91. The third-order valence-electron chi connectivity index (χ3n) is 5.19. The predicted octanol–water partition coefficient (Wildman–Crippen LogP) is 3.42. The predicted molar refractivity (Wildman–Crippen MR) is 99.6 cm³/mol. The standard InChI is InChI=1S/C21H26N2O3/c1-14-10-16-11-18(24-2)12-17(20(16)26-14)13-23-19-4-3-9-25-21(19)15-5-7-22-8-6-15/h5-8,11-12,14,19,21,23H,3-4,9-10,13H2,1-2H3/t14-,19+,21-/m1/s1. The van der Waals surface area contributed by atoms with E-state index in [1.807, 2.05) is 24.5 Å². The van der Waals surface area contributed by atoms with Crippen LogP contribution >= 0.6 is 0 Å². The molecule has 5 heteroatoms. The minimum absolute atomic E-state index is 0.0604. The smallest absolute Gasteiger partial charge is 0.127 e. The first kappa shape index (κ1) is 17.3. The van der Waals surface area contributed by atoms with E-state index in [9.17, 15) is 0 Å². The van der Waals surface area contributed by atoms with E-state index in [2.05, 4.69) is 29.4 Å². The maximum absolute atomic E-state index is 6.07. The molecule has 0 amide bonds. The zero-order chi connectivity index (χ0) is 17.9. The van der Waals surface area contributed by atoms with Crippen LogP contribution < -0.4 is 14.8 Å². The number of nitrogens with one attached hydrogen (secondary N) is 1. The fraction of sp³-hybridized carbons (Fsp3) is 0.476. The monoisotopic (exact) mass is 354 g/mol. The van der Waals surface area contributed by atoms with Gasteiger partial charge in [0.25, 0.3) is 0 Å². The lowest BCUT2D eigenvalue weighted by Gasteiger charge is -2.33. The van der Waals surface area contributed by atoms with E-state index in [1.54, 1.807) is 7.11 Å². The Hall–Kier alpha value is -2.11. The highest BCUT2D eigenvalue weighted by atomic mass is 16.5. The van der Waals surface area contributed by atoms with E-state index < -0.39 is 0 Å². The molecule has 26 heavy (non-hydrogen) atoms. The molecule has 2 aliphatic rings. The number of fused-ring (bicyclic) bond motifs is 1. The Labute approximate surface area is 154 Å². The molecule has 0 unspecified atom stereocenters. The molecule has 1 aromatic heterocycles. The van der Waals surface area contributed by atoms with Gasteiger partial charge in [-0.15, -0.1) is 0 Å². The van der Waals surface area contributed by atoms with E-state index in [0.29, 0.717) is 0 Å². The molecule has 0 aliphatic carbocycles. The van der Waals surface area contributed by atoms with Crippen molar-refractivity contribution in [1.82, 2.24) is 10.3 Å². The molecule has 4 rings (SSSR count). The summed E-state index contributed by atoms with van der Waals surface area (Å²) in [5, 5.41) is 3.70. The van der Waals surface area contributed by atoms with Crippen LogP contribution in [0.3, 0.4) is 0 Å². The summed E-state index contributed by atoms with van der Waals surface area (Å²) in [4.78, 5) is 4.12. The number of methoxy groups -OCH3 is 1. The van der Waals surface area contributed by atoms with E-state index in [4.69, 9.17) is 14.2 Å². The summed E-state index contributed by atoms with van der Waals surface area (Å²) in [6, 6.07) is 8.52. The van der Waals surface area contributed by atoms with Crippen LogP contribution in [0.2, 0.25) is 0 Å². The second kappa shape index (κ2) is 7.64. The highest BCUT2D eigenvalue weighted by Gasteiger charge is 2.28. The Bertz CT molecular complexity index is 750. The van der Waals surface area contributed by atoms with Crippen LogP contribution in [-0.2, 0) is 17.7 Å². The molecule has 1 N–H and O–H groups in total. The zero-order valence-electron chi connectivity index (χ0n) is 15.4. The summed E-state index contributed by atoms with van der Waals surface area (Å²) in [7, 11) is 1.71. The Kier molecular flexibility index (Phi) is 5.09. The van der Waals surface area contributed by atoms with Crippen LogP contribution in [0, 0.1) is 0 Å². The Morgan fingerprint density at radius 2 is 2.12 bits per heavy atom. The van der Waals surface area contributed by atoms with Crippen LogP contribution in [0.5, 0.6) is 11.5 Å². The molecule has 3 heterocycles. The van der Waals surface area contributed by atoms with Crippen molar-refractivity contribution in [3.05, 3.63) is 53.3 Å². The fourth-order valence-electron chi connectivity index (χ4n) is 3.94. The summed E-state index contributed by atoms with van der Waals surface area (Å²) < 4.78 is 17.6. The molecule has 0 saturated carbocycles. The molecule has 3 atom stereocenters. The van der Waals surface area contributed by atoms with E-state index >= 15 is 0 Å². The minimum Gasteiger partial charge on any atom is -0.497 e. The first-order valence-corrected chi connectivity index (χ1v) is 9.36. The first-order chi connectivity index (χ1) is 12.7. The summed E-state index contributed by atoms with van der Waals surface area (Å²) in [5.41, 5.74) is 3.57. The van der Waals surface area contributed by atoms with Gasteiger partial charge in [0.15, 0.2) is 0 Å². The number of hydrogen-bond donors (Lipinski definition) is 1. The molecule has 2 aliphatic heterocycles. The fourth-order valence-corrected chi connectivity index (χ4v) is 3.94. The molecule has 1 fully saturated rings. The lowest BCUT2D eigenvalue weighted by molar-refractivity contribution is -0.0113. The van der Waals surface area contributed by atoms with Gasteiger partial charge in [-0.25, -0.2) is 0 Å². The van der Waals surface area contributed by atoms with Gasteiger partial charge in [0, 0.05) is 49.1 Å². The van der Waals surface area contributed by atoms with Gasteiger partial charge in [-0.2, -0.15) is 0 Å². The third kappa shape index (κ3) is 3.55. The number of hydrogen-bond acceptors (Lipinski definition) is 5. The minimum atomic E-state index is 0.0604. The third-order valence-corrected chi connectivity index (χ3v) is 5.19. The average Bonchev–Trinajstić information content (AvgIpc) is 3.07. The molecule has 138 valence electrons. The second-order valence-corrected chi connectivity index (χ2v) is 7.11. The van der Waals surface area contributed by atoms with Crippen LogP contribution in [-0.4, -0.2) is 30.8 Å². The van der Waals surface area contributed by atoms with E-state index in [-0.39, 0.29) is 18.2 Å². The van der Waals surface area contributed by atoms with Gasteiger partial charge < -0.3 is 19.5 Å². The average molecular weight is 354 g/mol. The van der Waals surface area contributed by atoms with E-state index in [0.717, 1.165) is 49.5 Å². The summed E-state index contributed by atoms with van der Waals surface area (Å²) >= 11 is 0. The van der Waals surface area contributed by atoms with Crippen molar-refractivity contribution in [3.63, 3.8) is 0 Å². The van der Waals surface area contributed by atoms with Crippen molar-refractivity contribution < 1.29 is 14.2 Å². The van der Waals surface area contributed by atoms with E-state index in [1.165, 1.54) is 11.1 Å². The van der Waals surface area contributed by atoms with Gasteiger partial charge in [-0.1, -0.05) is 0 Å². The van der Waals surface area contributed by atoms with Crippen LogP contribution in [0.1, 0.15) is 42.6 Å². The Balaban J connectivity index is 1.52. The van der Waals surface area contributed by atoms with Gasteiger partial charge >= 0.3 is 0 Å². The molecule has 2 aromatic rings.